The summed E-state index contributed by atoms with van der Waals surface area (Å²) in [5, 5.41) is 4.86. The van der Waals surface area contributed by atoms with Crippen molar-refractivity contribution in [3.63, 3.8) is 0 Å². The zero-order valence-electron chi connectivity index (χ0n) is 17.8. The third-order valence-electron chi connectivity index (χ3n) is 4.57. The first-order valence-corrected chi connectivity index (χ1v) is 10.3. The van der Waals surface area contributed by atoms with Gasteiger partial charge in [-0.1, -0.05) is 11.6 Å². The van der Waals surface area contributed by atoms with E-state index < -0.39 is 0 Å². The first-order valence-electron chi connectivity index (χ1n) is 9.94. The molecule has 0 amide bonds. The van der Waals surface area contributed by atoms with Crippen molar-refractivity contribution in [3.8, 4) is 22.9 Å². The molecule has 4 aromatic rings. The Morgan fingerprint density at radius 1 is 1.03 bits per heavy atom. The molecule has 6 nitrogen and oxygen atoms in total. The molecule has 0 aliphatic rings. The summed E-state index contributed by atoms with van der Waals surface area (Å²) in [6.07, 6.45) is 3.45. The maximum atomic E-state index is 6.27. The van der Waals surface area contributed by atoms with Crippen LogP contribution >= 0.6 is 11.6 Å². The average molecular weight is 435 g/mol. The molecule has 0 aliphatic carbocycles. The van der Waals surface area contributed by atoms with Gasteiger partial charge in [-0.2, -0.15) is 0 Å². The van der Waals surface area contributed by atoms with E-state index in [9.17, 15) is 0 Å². The summed E-state index contributed by atoms with van der Waals surface area (Å²) in [5.41, 5.74) is 3.43. The van der Waals surface area contributed by atoms with Crippen molar-refractivity contribution in [2.24, 2.45) is 0 Å². The lowest BCUT2D eigenvalue weighted by atomic mass is 10.1. The molecular weight excluding hydrogens is 412 g/mol. The van der Waals surface area contributed by atoms with Crippen LogP contribution in [0.5, 0.6) is 11.5 Å². The molecule has 31 heavy (non-hydrogen) atoms. The topological polar surface area (TPSA) is 69.2 Å². The lowest BCUT2D eigenvalue weighted by Crippen LogP contribution is -2.07. The number of nitrogens with one attached hydrogen (secondary N) is 1. The first kappa shape index (κ1) is 20.9. The smallest absolute Gasteiger partial charge is 0.163 e. The van der Waals surface area contributed by atoms with E-state index in [1.807, 2.05) is 63.2 Å². The minimum absolute atomic E-state index is 0.00563. The van der Waals surface area contributed by atoms with Gasteiger partial charge in [-0.3, -0.25) is 4.98 Å². The van der Waals surface area contributed by atoms with E-state index in [1.165, 1.54) is 0 Å². The lowest BCUT2D eigenvalue weighted by molar-refractivity contribution is 0.230. The van der Waals surface area contributed by atoms with Crippen LogP contribution in [0, 0.1) is 6.92 Å². The van der Waals surface area contributed by atoms with Gasteiger partial charge in [0.15, 0.2) is 17.3 Å². The molecule has 158 valence electrons. The zero-order valence-corrected chi connectivity index (χ0v) is 18.6. The summed E-state index contributed by atoms with van der Waals surface area (Å²) in [4.78, 5) is 13.8. The minimum atomic E-state index is -0.00563. The number of nitrogens with zero attached hydrogens (tertiary/aromatic N) is 3. The average Bonchev–Trinajstić information content (AvgIpc) is 2.73. The van der Waals surface area contributed by atoms with E-state index in [2.05, 4.69) is 10.3 Å². The van der Waals surface area contributed by atoms with Crippen molar-refractivity contribution < 1.29 is 9.47 Å². The van der Waals surface area contributed by atoms with E-state index >= 15 is 0 Å². The van der Waals surface area contributed by atoms with Gasteiger partial charge < -0.3 is 14.8 Å². The maximum Gasteiger partial charge on any atom is 0.163 e. The highest BCUT2D eigenvalue weighted by Gasteiger charge is 2.16. The number of hydrogen-bond acceptors (Lipinski definition) is 6. The van der Waals surface area contributed by atoms with Crippen LogP contribution in [0.2, 0.25) is 5.02 Å². The van der Waals surface area contributed by atoms with E-state index in [4.69, 9.17) is 31.0 Å². The fraction of sp³-hybridized carbons (Fsp3) is 0.208. The third-order valence-corrected chi connectivity index (χ3v) is 4.79. The largest absolute Gasteiger partial charge is 0.493 e. The monoisotopic (exact) mass is 434 g/mol. The second-order valence-corrected chi connectivity index (χ2v) is 7.90. The number of benzene rings is 2. The van der Waals surface area contributed by atoms with Gasteiger partial charge in [0, 0.05) is 40.1 Å². The van der Waals surface area contributed by atoms with Crippen LogP contribution in [-0.4, -0.2) is 28.2 Å². The van der Waals surface area contributed by atoms with Crippen LogP contribution in [-0.2, 0) is 0 Å². The number of ether oxygens (including phenoxy) is 2. The molecule has 2 aromatic carbocycles. The molecule has 1 N–H and O–H groups in total. The molecule has 0 saturated heterocycles. The van der Waals surface area contributed by atoms with Gasteiger partial charge in [-0.25, -0.2) is 9.97 Å². The summed E-state index contributed by atoms with van der Waals surface area (Å²) < 4.78 is 11.5. The summed E-state index contributed by atoms with van der Waals surface area (Å²) in [6, 6.07) is 13.3. The van der Waals surface area contributed by atoms with Gasteiger partial charge in [0.2, 0.25) is 0 Å². The molecule has 4 rings (SSSR count). The Balaban J connectivity index is 1.92. The lowest BCUT2D eigenvalue weighted by Gasteiger charge is -2.17. The van der Waals surface area contributed by atoms with Crippen LogP contribution < -0.4 is 14.8 Å². The zero-order chi connectivity index (χ0) is 22.0. The maximum absolute atomic E-state index is 6.27. The van der Waals surface area contributed by atoms with Crippen LogP contribution in [0.1, 0.15) is 19.4 Å². The van der Waals surface area contributed by atoms with Crippen molar-refractivity contribution in [3.05, 3.63) is 65.4 Å². The quantitative estimate of drug-likeness (QED) is 0.390. The first-order chi connectivity index (χ1) is 14.9. The Bertz CT molecular complexity index is 1210. The fourth-order valence-electron chi connectivity index (χ4n) is 3.31. The number of methoxy groups -OCH3 is 1. The SMILES string of the molecule is COc1cc2nc(-c3cccnc3)nc(Nc3cc(C)cc(Cl)c3)c2cc1OC(C)C. The van der Waals surface area contributed by atoms with Gasteiger partial charge in [0.1, 0.15) is 5.82 Å². The Hall–Kier alpha value is -3.38. The number of fused-ring (bicyclic) bond motifs is 1. The second kappa shape index (κ2) is 8.78. The van der Waals surface area contributed by atoms with Crippen molar-refractivity contribution in [2.75, 3.05) is 12.4 Å². The summed E-state index contributed by atoms with van der Waals surface area (Å²) in [6.45, 7) is 5.94. The highest BCUT2D eigenvalue weighted by molar-refractivity contribution is 6.31. The highest BCUT2D eigenvalue weighted by atomic mass is 35.5. The Morgan fingerprint density at radius 3 is 2.55 bits per heavy atom. The van der Waals surface area contributed by atoms with Crippen LogP contribution in [0.3, 0.4) is 0 Å². The molecule has 0 atom stereocenters. The van der Waals surface area contributed by atoms with Gasteiger partial charge in [-0.15, -0.1) is 0 Å². The van der Waals surface area contributed by atoms with Gasteiger partial charge in [0.25, 0.3) is 0 Å². The Kier molecular flexibility index (Phi) is 5.91. The predicted octanol–water partition coefficient (Wildman–Crippen LogP) is 6.19. The summed E-state index contributed by atoms with van der Waals surface area (Å²) in [5.74, 6) is 2.44. The molecular formula is C24H23ClN4O2. The predicted molar refractivity (Wildman–Crippen MR) is 125 cm³/mol. The molecule has 0 unspecified atom stereocenters. The third kappa shape index (κ3) is 4.70. The Labute approximate surface area is 186 Å². The van der Waals surface area contributed by atoms with Gasteiger partial charge >= 0.3 is 0 Å². The molecule has 0 fully saturated rings. The number of aromatic nitrogens is 3. The molecule has 0 spiro atoms. The van der Waals surface area contributed by atoms with Gasteiger partial charge in [0.05, 0.1) is 18.7 Å². The van der Waals surface area contributed by atoms with E-state index in [0.29, 0.717) is 28.2 Å². The van der Waals surface area contributed by atoms with Crippen molar-refractivity contribution in [2.45, 2.75) is 26.9 Å². The molecule has 2 heterocycles. The van der Waals surface area contributed by atoms with E-state index in [-0.39, 0.29) is 6.10 Å². The molecule has 2 aromatic heterocycles. The Morgan fingerprint density at radius 2 is 1.87 bits per heavy atom. The van der Waals surface area contributed by atoms with Crippen LogP contribution in [0.25, 0.3) is 22.3 Å². The van der Waals surface area contributed by atoms with E-state index in [0.717, 1.165) is 27.7 Å². The standard InChI is InChI=1S/C24H23ClN4O2/c1-14(2)31-22-11-19-20(12-21(22)30-4)28-23(16-6-5-7-26-13-16)29-24(19)27-18-9-15(3)8-17(25)10-18/h5-14H,1-4H3,(H,27,28,29). The van der Waals surface area contributed by atoms with Crippen LogP contribution in [0.4, 0.5) is 11.5 Å². The summed E-state index contributed by atoms with van der Waals surface area (Å²) >= 11 is 6.27. The van der Waals surface area contributed by atoms with Crippen LogP contribution in [0.15, 0.2) is 54.9 Å². The second-order valence-electron chi connectivity index (χ2n) is 7.47. The summed E-state index contributed by atoms with van der Waals surface area (Å²) in [7, 11) is 1.62. The van der Waals surface area contributed by atoms with Crippen molar-refractivity contribution in [1.82, 2.24) is 15.0 Å². The number of aryl methyl sites for hydroxylation is 1. The molecule has 0 bridgehead atoms. The highest BCUT2D eigenvalue weighted by Crippen LogP contribution is 2.37. The normalized spacial score (nSPS) is 11.0. The van der Waals surface area contributed by atoms with Crippen molar-refractivity contribution in [1.29, 1.82) is 0 Å². The van der Waals surface area contributed by atoms with Crippen molar-refractivity contribution >= 4 is 34.0 Å². The van der Waals surface area contributed by atoms with E-state index in [1.54, 1.807) is 19.5 Å². The number of hydrogen-bond donors (Lipinski definition) is 1. The molecule has 0 aliphatic heterocycles. The molecule has 0 radical (unpaired) electrons. The fourth-order valence-corrected chi connectivity index (χ4v) is 3.60. The number of rotatable bonds is 6. The van der Waals surface area contributed by atoms with Gasteiger partial charge in [-0.05, 0) is 62.7 Å². The molecule has 0 saturated carbocycles. The number of halogens is 1. The number of anilines is 2. The minimum Gasteiger partial charge on any atom is -0.493 e. The number of pyridine rings is 1. The molecule has 7 heteroatoms.